The number of halogens is 1. The second kappa shape index (κ2) is 8.19. The largest absolute Gasteiger partial charge is 0.497 e. The minimum Gasteiger partial charge on any atom is -0.497 e. The van der Waals surface area contributed by atoms with Crippen molar-refractivity contribution in [3.8, 4) is 11.5 Å². The van der Waals surface area contributed by atoms with E-state index in [-0.39, 0.29) is 18.9 Å². The van der Waals surface area contributed by atoms with Gasteiger partial charge in [0.05, 0.1) is 12.9 Å². The third-order valence-electron chi connectivity index (χ3n) is 3.04. The average Bonchev–Trinajstić information content (AvgIpc) is 2.54. The number of methoxy groups -OCH3 is 1. The number of hydrogen-bond acceptors (Lipinski definition) is 4. The van der Waals surface area contributed by atoms with Crippen LogP contribution in [-0.4, -0.2) is 28.7 Å². The summed E-state index contributed by atoms with van der Waals surface area (Å²) in [6.45, 7) is 0.388. The Morgan fingerprint density at radius 2 is 1.83 bits per heavy atom. The van der Waals surface area contributed by atoms with Gasteiger partial charge in [-0.15, -0.1) is 0 Å². The van der Waals surface area contributed by atoms with Gasteiger partial charge in [-0.05, 0) is 23.8 Å². The topological polar surface area (TPSA) is 64.6 Å². The highest BCUT2D eigenvalue weighted by atomic mass is 35.5. The van der Waals surface area contributed by atoms with Crippen LogP contribution in [-0.2, 0) is 15.8 Å². The molecule has 2 aromatic carbocycles. The lowest BCUT2D eigenvalue weighted by molar-refractivity contribution is 0.320. The number of hydrogen-bond donors (Lipinski definition) is 1. The van der Waals surface area contributed by atoms with Crippen LogP contribution < -0.4 is 14.2 Å². The molecule has 0 radical (unpaired) electrons. The molecule has 0 amide bonds. The molecule has 0 bridgehead atoms. The summed E-state index contributed by atoms with van der Waals surface area (Å²) in [4.78, 5) is 0. The molecule has 2 rings (SSSR count). The standard InChI is InChI=1S/C16H18ClNO4S/c1-21-14-6-4-7-15(11-14)22-10-9-18-23(19,20)12-13-5-2-3-8-16(13)17/h2-8,11,18H,9-10,12H2,1H3. The van der Waals surface area contributed by atoms with Crippen molar-refractivity contribution in [2.75, 3.05) is 20.3 Å². The van der Waals surface area contributed by atoms with Crippen LogP contribution in [0.3, 0.4) is 0 Å². The number of nitrogens with one attached hydrogen (secondary N) is 1. The zero-order valence-electron chi connectivity index (χ0n) is 12.7. The Bertz CT molecular complexity index is 749. The van der Waals surface area contributed by atoms with Crippen LogP contribution in [0.2, 0.25) is 5.02 Å². The van der Waals surface area contributed by atoms with E-state index in [4.69, 9.17) is 21.1 Å². The highest BCUT2D eigenvalue weighted by molar-refractivity contribution is 7.88. The number of sulfonamides is 1. The van der Waals surface area contributed by atoms with Gasteiger partial charge in [-0.1, -0.05) is 35.9 Å². The second-order valence-electron chi connectivity index (χ2n) is 4.77. The van der Waals surface area contributed by atoms with Crippen molar-refractivity contribution in [2.45, 2.75) is 5.75 Å². The van der Waals surface area contributed by atoms with Gasteiger partial charge in [0.2, 0.25) is 10.0 Å². The first-order valence-electron chi connectivity index (χ1n) is 6.98. The zero-order valence-corrected chi connectivity index (χ0v) is 14.2. The van der Waals surface area contributed by atoms with Crippen LogP contribution in [0, 0.1) is 0 Å². The van der Waals surface area contributed by atoms with Gasteiger partial charge in [0.1, 0.15) is 18.1 Å². The fourth-order valence-corrected chi connectivity index (χ4v) is 3.37. The zero-order chi connectivity index (χ0) is 16.7. The summed E-state index contributed by atoms with van der Waals surface area (Å²) >= 11 is 5.97. The second-order valence-corrected chi connectivity index (χ2v) is 6.99. The maximum Gasteiger partial charge on any atom is 0.215 e. The molecule has 0 heterocycles. The van der Waals surface area contributed by atoms with E-state index in [1.54, 1.807) is 55.6 Å². The first-order valence-corrected chi connectivity index (χ1v) is 9.01. The Hall–Kier alpha value is -1.76. The average molecular weight is 356 g/mol. The monoisotopic (exact) mass is 355 g/mol. The van der Waals surface area contributed by atoms with Gasteiger partial charge in [-0.3, -0.25) is 0 Å². The highest BCUT2D eigenvalue weighted by Gasteiger charge is 2.13. The predicted molar refractivity (Wildman–Crippen MR) is 90.6 cm³/mol. The smallest absolute Gasteiger partial charge is 0.215 e. The Kier molecular flexibility index (Phi) is 6.27. The van der Waals surface area contributed by atoms with Gasteiger partial charge in [-0.25, -0.2) is 13.1 Å². The summed E-state index contributed by atoms with van der Waals surface area (Å²) in [6, 6.07) is 14.0. The third kappa shape index (κ3) is 5.74. The molecule has 0 spiro atoms. The van der Waals surface area contributed by atoms with Gasteiger partial charge in [-0.2, -0.15) is 0 Å². The van der Waals surface area contributed by atoms with E-state index >= 15 is 0 Å². The van der Waals surface area contributed by atoms with Gasteiger partial charge in [0, 0.05) is 17.6 Å². The van der Waals surface area contributed by atoms with E-state index < -0.39 is 10.0 Å². The molecule has 1 N–H and O–H groups in total. The molecule has 0 saturated carbocycles. The molecule has 0 saturated heterocycles. The van der Waals surface area contributed by atoms with Crippen molar-refractivity contribution in [2.24, 2.45) is 0 Å². The van der Waals surface area contributed by atoms with Gasteiger partial charge in [0.25, 0.3) is 0 Å². The van der Waals surface area contributed by atoms with E-state index in [0.717, 1.165) is 0 Å². The van der Waals surface area contributed by atoms with Crippen molar-refractivity contribution >= 4 is 21.6 Å². The fourth-order valence-electron chi connectivity index (χ4n) is 1.93. The molecule has 0 aliphatic rings. The normalized spacial score (nSPS) is 11.2. The molecule has 0 aliphatic carbocycles. The molecule has 124 valence electrons. The maximum atomic E-state index is 12.0. The van der Waals surface area contributed by atoms with Gasteiger partial charge < -0.3 is 9.47 Å². The minimum absolute atomic E-state index is 0.161. The third-order valence-corrected chi connectivity index (χ3v) is 4.74. The van der Waals surface area contributed by atoms with Crippen LogP contribution in [0.4, 0.5) is 0 Å². The van der Waals surface area contributed by atoms with Crippen LogP contribution >= 0.6 is 11.6 Å². The molecule has 23 heavy (non-hydrogen) atoms. The minimum atomic E-state index is -3.46. The molecule has 0 unspecified atom stereocenters. The van der Waals surface area contributed by atoms with E-state index in [1.165, 1.54) is 0 Å². The fraction of sp³-hybridized carbons (Fsp3) is 0.250. The molecular formula is C16H18ClNO4S. The molecule has 7 heteroatoms. The van der Waals surface area contributed by atoms with Gasteiger partial charge in [0.15, 0.2) is 0 Å². The van der Waals surface area contributed by atoms with E-state index in [0.29, 0.717) is 22.1 Å². The SMILES string of the molecule is COc1cccc(OCCNS(=O)(=O)Cc2ccccc2Cl)c1. The Labute approximate surface area is 141 Å². The number of ether oxygens (including phenoxy) is 2. The summed E-state index contributed by atoms with van der Waals surface area (Å²) in [7, 11) is -1.89. The molecule has 0 fully saturated rings. The highest BCUT2D eigenvalue weighted by Crippen LogP contribution is 2.19. The molecule has 0 atom stereocenters. The first kappa shape index (κ1) is 17.6. The lowest BCUT2D eigenvalue weighted by Crippen LogP contribution is -2.29. The molecular weight excluding hydrogens is 338 g/mol. The number of benzene rings is 2. The van der Waals surface area contributed by atoms with Crippen LogP contribution in [0.15, 0.2) is 48.5 Å². The summed E-state index contributed by atoms with van der Waals surface area (Å²) in [5.74, 6) is 1.14. The quantitative estimate of drug-likeness (QED) is 0.739. The summed E-state index contributed by atoms with van der Waals surface area (Å²) in [6.07, 6.45) is 0. The van der Waals surface area contributed by atoms with Crippen molar-refractivity contribution in [1.29, 1.82) is 0 Å². The molecule has 0 aliphatic heterocycles. The molecule has 5 nitrogen and oxygen atoms in total. The van der Waals surface area contributed by atoms with Crippen molar-refractivity contribution in [3.05, 3.63) is 59.1 Å². The molecule has 2 aromatic rings. The lowest BCUT2D eigenvalue weighted by Gasteiger charge is -2.10. The molecule has 0 aromatic heterocycles. The maximum absolute atomic E-state index is 12.0. The summed E-state index contributed by atoms with van der Waals surface area (Å²) in [5, 5.41) is 0.436. The van der Waals surface area contributed by atoms with E-state index in [1.807, 2.05) is 0 Å². The summed E-state index contributed by atoms with van der Waals surface area (Å²) in [5.41, 5.74) is 0.565. The van der Waals surface area contributed by atoms with Crippen molar-refractivity contribution in [3.63, 3.8) is 0 Å². The summed E-state index contributed by atoms with van der Waals surface area (Å²) < 4.78 is 37.1. The predicted octanol–water partition coefficient (Wildman–Crippen LogP) is 2.85. The van der Waals surface area contributed by atoms with Crippen LogP contribution in [0.5, 0.6) is 11.5 Å². The Balaban J connectivity index is 1.82. The first-order chi connectivity index (χ1) is 11.0. The number of rotatable bonds is 8. The Morgan fingerprint density at radius 1 is 1.09 bits per heavy atom. The lowest BCUT2D eigenvalue weighted by atomic mass is 10.2. The van der Waals surface area contributed by atoms with Crippen molar-refractivity contribution < 1.29 is 17.9 Å². The van der Waals surface area contributed by atoms with Crippen molar-refractivity contribution in [1.82, 2.24) is 4.72 Å². The van der Waals surface area contributed by atoms with E-state index in [9.17, 15) is 8.42 Å². The van der Waals surface area contributed by atoms with E-state index in [2.05, 4.69) is 4.72 Å². The van der Waals surface area contributed by atoms with Gasteiger partial charge >= 0.3 is 0 Å². The van der Waals surface area contributed by atoms with Crippen LogP contribution in [0.1, 0.15) is 5.56 Å². The Morgan fingerprint density at radius 3 is 2.57 bits per heavy atom. The van der Waals surface area contributed by atoms with Crippen LogP contribution in [0.25, 0.3) is 0 Å².